The largest absolute Gasteiger partial charge is 0.493 e. The van der Waals surface area contributed by atoms with Crippen LogP contribution in [0.2, 0.25) is 0 Å². The van der Waals surface area contributed by atoms with Crippen molar-refractivity contribution in [2.45, 2.75) is 13.8 Å². The number of oxazole rings is 1. The van der Waals surface area contributed by atoms with Gasteiger partial charge in [0.05, 0.1) is 27.0 Å². The van der Waals surface area contributed by atoms with Crippen molar-refractivity contribution in [3.05, 3.63) is 29.5 Å². The van der Waals surface area contributed by atoms with Gasteiger partial charge < -0.3 is 23.9 Å². The summed E-state index contributed by atoms with van der Waals surface area (Å²) in [6, 6.07) is 3.27. The molecule has 0 aliphatic carbocycles. The molecule has 7 heteroatoms. The maximum absolute atomic E-state index is 12.2. The van der Waals surface area contributed by atoms with Crippen LogP contribution in [0.4, 0.5) is 5.69 Å². The standard InChI is InChI=1S/C15H18N2O5/c1-8-13(22-9(2)16-8)15(18)17-10-6-11(19-3)14(21-5)12(7-10)20-4/h6-7H,1-5H3,(H,17,18). The summed E-state index contributed by atoms with van der Waals surface area (Å²) < 4.78 is 21.0. The van der Waals surface area contributed by atoms with Crippen molar-refractivity contribution < 1.29 is 23.4 Å². The molecule has 0 radical (unpaired) electrons. The minimum atomic E-state index is -0.396. The van der Waals surface area contributed by atoms with E-state index in [1.165, 1.54) is 21.3 Å². The zero-order valence-electron chi connectivity index (χ0n) is 13.1. The Balaban J connectivity index is 2.33. The van der Waals surface area contributed by atoms with Crippen molar-refractivity contribution in [3.8, 4) is 17.2 Å². The molecule has 1 aromatic heterocycles. The molecular formula is C15H18N2O5. The number of anilines is 1. The van der Waals surface area contributed by atoms with E-state index < -0.39 is 5.91 Å². The fourth-order valence-electron chi connectivity index (χ4n) is 2.08. The molecule has 0 aliphatic heterocycles. The zero-order chi connectivity index (χ0) is 16.3. The fourth-order valence-corrected chi connectivity index (χ4v) is 2.08. The van der Waals surface area contributed by atoms with Crippen LogP contribution >= 0.6 is 0 Å². The van der Waals surface area contributed by atoms with Gasteiger partial charge in [0.2, 0.25) is 11.5 Å². The van der Waals surface area contributed by atoms with Gasteiger partial charge in [-0.25, -0.2) is 4.98 Å². The monoisotopic (exact) mass is 306 g/mol. The molecule has 1 N–H and O–H groups in total. The molecule has 22 heavy (non-hydrogen) atoms. The quantitative estimate of drug-likeness (QED) is 0.914. The van der Waals surface area contributed by atoms with E-state index in [0.717, 1.165) is 0 Å². The minimum Gasteiger partial charge on any atom is -0.493 e. The molecule has 0 saturated carbocycles. The zero-order valence-corrected chi connectivity index (χ0v) is 13.1. The van der Waals surface area contributed by atoms with E-state index in [9.17, 15) is 4.79 Å². The van der Waals surface area contributed by atoms with E-state index in [-0.39, 0.29) is 5.76 Å². The summed E-state index contributed by atoms with van der Waals surface area (Å²) in [5.41, 5.74) is 1.02. The normalized spacial score (nSPS) is 10.2. The van der Waals surface area contributed by atoms with Crippen molar-refractivity contribution >= 4 is 11.6 Å². The number of aryl methyl sites for hydroxylation is 2. The summed E-state index contributed by atoms with van der Waals surface area (Å²) in [5, 5.41) is 2.72. The summed E-state index contributed by atoms with van der Waals surface area (Å²) in [6.45, 7) is 3.39. The number of nitrogens with zero attached hydrogens (tertiary/aromatic N) is 1. The number of methoxy groups -OCH3 is 3. The number of rotatable bonds is 5. The molecule has 0 atom stereocenters. The Hall–Kier alpha value is -2.70. The van der Waals surface area contributed by atoms with E-state index in [2.05, 4.69) is 10.3 Å². The summed E-state index contributed by atoms with van der Waals surface area (Å²) in [4.78, 5) is 16.3. The lowest BCUT2D eigenvalue weighted by atomic mass is 10.2. The molecule has 0 saturated heterocycles. The number of ether oxygens (including phenoxy) is 3. The van der Waals surface area contributed by atoms with Crippen LogP contribution < -0.4 is 19.5 Å². The smallest absolute Gasteiger partial charge is 0.293 e. The molecule has 1 aromatic carbocycles. The third kappa shape index (κ3) is 2.98. The summed E-state index contributed by atoms with van der Waals surface area (Å²) >= 11 is 0. The van der Waals surface area contributed by atoms with Crippen LogP contribution in [-0.4, -0.2) is 32.2 Å². The van der Waals surface area contributed by atoms with Gasteiger partial charge in [0.1, 0.15) is 0 Å². The van der Waals surface area contributed by atoms with E-state index in [1.54, 1.807) is 26.0 Å². The van der Waals surface area contributed by atoms with Crippen LogP contribution in [0.5, 0.6) is 17.2 Å². The highest BCUT2D eigenvalue weighted by atomic mass is 16.5. The van der Waals surface area contributed by atoms with E-state index in [0.29, 0.717) is 34.5 Å². The van der Waals surface area contributed by atoms with Crippen molar-refractivity contribution in [3.63, 3.8) is 0 Å². The second-order valence-electron chi connectivity index (χ2n) is 4.52. The predicted octanol–water partition coefficient (Wildman–Crippen LogP) is 2.57. The second kappa shape index (κ2) is 6.38. The molecule has 0 fully saturated rings. The summed E-state index contributed by atoms with van der Waals surface area (Å²) in [5.74, 6) is 1.56. The number of carbonyl (C=O) groups excluding carboxylic acids is 1. The molecule has 2 aromatic rings. The molecule has 0 bridgehead atoms. The Morgan fingerprint density at radius 2 is 1.68 bits per heavy atom. The highest BCUT2D eigenvalue weighted by Gasteiger charge is 2.19. The third-order valence-electron chi connectivity index (χ3n) is 3.03. The summed E-state index contributed by atoms with van der Waals surface area (Å²) in [6.07, 6.45) is 0. The van der Waals surface area contributed by atoms with Gasteiger partial charge in [0.15, 0.2) is 17.4 Å². The molecule has 118 valence electrons. The van der Waals surface area contributed by atoms with Crippen molar-refractivity contribution in [2.75, 3.05) is 26.6 Å². The molecule has 1 heterocycles. The Labute approximate surface area is 128 Å². The molecule has 1 amide bonds. The van der Waals surface area contributed by atoms with Crippen LogP contribution in [0.1, 0.15) is 22.1 Å². The maximum Gasteiger partial charge on any atom is 0.293 e. The number of carbonyl (C=O) groups is 1. The first kappa shape index (κ1) is 15.7. The van der Waals surface area contributed by atoms with E-state index in [4.69, 9.17) is 18.6 Å². The third-order valence-corrected chi connectivity index (χ3v) is 3.03. The maximum atomic E-state index is 12.2. The molecule has 0 unspecified atom stereocenters. The second-order valence-corrected chi connectivity index (χ2v) is 4.52. The van der Waals surface area contributed by atoms with Crippen molar-refractivity contribution in [1.82, 2.24) is 4.98 Å². The van der Waals surface area contributed by atoms with Crippen LogP contribution in [0.3, 0.4) is 0 Å². The first-order chi connectivity index (χ1) is 10.5. The van der Waals surface area contributed by atoms with Gasteiger partial charge in [-0.2, -0.15) is 0 Å². The topological polar surface area (TPSA) is 82.8 Å². The average molecular weight is 306 g/mol. The Bertz CT molecular complexity index is 668. The van der Waals surface area contributed by atoms with Gasteiger partial charge in [-0.3, -0.25) is 4.79 Å². The first-order valence-electron chi connectivity index (χ1n) is 6.55. The number of amides is 1. The Morgan fingerprint density at radius 3 is 2.09 bits per heavy atom. The molecule has 0 spiro atoms. The highest BCUT2D eigenvalue weighted by molar-refractivity contribution is 6.03. The SMILES string of the molecule is COc1cc(NC(=O)c2oc(C)nc2C)cc(OC)c1OC. The first-order valence-corrected chi connectivity index (χ1v) is 6.55. The van der Waals surface area contributed by atoms with Gasteiger partial charge in [-0.1, -0.05) is 0 Å². The lowest BCUT2D eigenvalue weighted by molar-refractivity contribution is 0.0994. The Morgan fingerprint density at radius 1 is 1.09 bits per heavy atom. The number of nitrogens with one attached hydrogen (secondary N) is 1. The predicted molar refractivity (Wildman–Crippen MR) is 80.0 cm³/mol. The van der Waals surface area contributed by atoms with E-state index >= 15 is 0 Å². The van der Waals surface area contributed by atoms with Crippen LogP contribution in [0, 0.1) is 13.8 Å². The number of aromatic nitrogens is 1. The highest BCUT2D eigenvalue weighted by Crippen LogP contribution is 2.40. The Kier molecular flexibility index (Phi) is 4.55. The van der Waals surface area contributed by atoms with Gasteiger partial charge in [-0.15, -0.1) is 0 Å². The van der Waals surface area contributed by atoms with Gasteiger partial charge in [-0.05, 0) is 6.92 Å². The van der Waals surface area contributed by atoms with Crippen molar-refractivity contribution in [1.29, 1.82) is 0 Å². The summed E-state index contributed by atoms with van der Waals surface area (Å²) in [7, 11) is 4.53. The molecule has 0 aliphatic rings. The lowest BCUT2D eigenvalue weighted by Gasteiger charge is -2.14. The van der Waals surface area contributed by atoms with Crippen LogP contribution in [0.15, 0.2) is 16.5 Å². The molecular weight excluding hydrogens is 288 g/mol. The van der Waals surface area contributed by atoms with Crippen LogP contribution in [0.25, 0.3) is 0 Å². The van der Waals surface area contributed by atoms with Gasteiger partial charge >= 0.3 is 0 Å². The molecule has 7 nitrogen and oxygen atoms in total. The van der Waals surface area contributed by atoms with Gasteiger partial charge in [0, 0.05) is 24.7 Å². The van der Waals surface area contributed by atoms with Crippen LogP contribution in [-0.2, 0) is 0 Å². The van der Waals surface area contributed by atoms with E-state index in [1.807, 2.05) is 0 Å². The van der Waals surface area contributed by atoms with Gasteiger partial charge in [0.25, 0.3) is 5.91 Å². The number of benzene rings is 1. The molecule has 2 rings (SSSR count). The lowest BCUT2D eigenvalue weighted by Crippen LogP contribution is -2.12. The number of hydrogen-bond donors (Lipinski definition) is 1. The minimum absolute atomic E-state index is 0.172. The fraction of sp³-hybridized carbons (Fsp3) is 0.333. The van der Waals surface area contributed by atoms with Crippen molar-refractivity contribution in [2.24, 2.45) is 0 Å². The number of hydrogen-bond acceptors (Lipinski definition) is 6. The average Bonchev–Trinajstić information content (AvgIpc) is 2.84.